The molecule has 0 saturated heterocycles. The van der Waals surface area contributed by atoms with Gasteiger partial charge in [-0.25, -0.2) is 0 Å². The third-order valence-corrected chi connectivity index (χ3v) is 3.69. The first-order valence-corrected chi connectivity index (χ1v) is 7.47. The third kappa shape index (κ3) is 3.29. The summed E-state index contributed by atoms with van der Waals surface area (Å²) >= 11 is 0. The molecule has 0 unspecified atom stereocenters. The van der Waals surface area contributed by atoms with Crippen LogP contribution in [0, 0.1) is 6.92 Å². The van der Waals surface area contributed by atoms with Gasteiger partial charge in [0.2, 0.25) is 5.79 Å². The second-order valence-electron chi connectivity index (χ2n) is 5.95. The van der Waals surface area contributed by atoms with E-state index >= 15 is 0 Å². The molecule has 0 aliphatic carbocycles. The predicted molar refractivity (Wildman–Crippen MR) is 83.4 cm³/mol. The van der Waals surface area contributed by atoms with Crippen molar-refractivity contribution >= 4 is 0 Å². The molecule has 22 heavy (non-hydrogen) atoms. The summed E-state index contributed by atoms with van der Waals surface area (Å²) in [6.45, 7) is 7.38. The Hall–Kier alpha value is -1.91. The molecule has 4 heteroatoms. The number of rotatable bonds is 4. The molecule has 1 aromatic carbocycles. The number of benzene rings is 1. The van der Waals surface area contributed by atoms with E-state index in [-0.39, 0.29) is 0 Å². The Balaban J connectivity index is 1.72. The second-order valence-corrected chi connectivity index (χ2v) is 5.95. The van der Waals surface area contributed by atoms with Crippen molar-refractivity contribution in [1.29, 1.82) is 0 Å². The lowest BCUT2D eigenvalue weighted by atomic mass is 10.1. The Kier molecular flexibility index (Phi) is 4.14. The standard InChI is InChI=1S/C18H21NO3/c1-13-17-16(12-21-18(2,3)22-17)15(9-19-13)11-20-10-14-7-5-4-6-8-14/h4-9H,10-12H2,1-3H3. The highest BCUT2D eigenvalue weighted by atomic mass is 16.7. The number of hydrogen-bond donors (Lipinski definition) is 0. The third-order valence-electron chi connectivity index (χ3n) is 3.69. The molecule has 1 aliphatic heterocycles. The van der Waals surface area contributed by atoms with Crippen molar-refractivity contribution in [2.45, 2.75) is 46.4 Å². The first kappa shape index (κ1) is 15.0. The van der Waals surface area contributed by atoms with E-state index in [1.54, 1.807) is 0 Å². The topological polar surface area (TPSA) is 40.6 Å². The first-order chi connectivity index (χ1) is 10.6. The maximum atomic E-state index is 5.92. The summed E-state index contributed by atoms with van der Waals surface area (Å²) in [7, 11) is 0. The highest BCUT2D eigenvalue weighted by Gasteiger charge is 2.30. The van der Waals surface area contributed by atoms with Crippen molar-refractivity contribution in [3.05, 3.63) is 58.9 Å². The van der Waals surface area contributed by atoms with Crippen LogP contribution in [0.3, 0.4) is 0 Å². The van der Waals surface area contributed by atoms with Gasteiger partial charge in [0, 0.05) is 31.2 Å². The number of aromatic nitrogens is 1. The van der Waals surface area contributed by atoms with E-state index in [2.05, 4.69) is 17.1 Å². The van der Waals surface area contributed by atoms with Crippen LogP contribution in [0.5, 0.6) is 5.75 Å². The number of fused-ring (bicyclic) bond motifs is 1. The van der Waals surface area contributed by atoms with Crippen molar-refractivity contribution < 1.29 is 14.2 Å². The Morgan fingerprint density at radius 3 is 2.73 bits per heavy atom. The summed E-state index contributed by atoms with van der Waals surface area (Å²) in [6, 6.07) is 10.1. The van der Waals surface area contributed by atoms with E-state index in [0.717, 1.165) is 28.1 Å². The lowest BCUT2D eigenvalue weighted by Crippen LogP contribution is -2.36. The van der Waals surface area contributed by atoms with Gasteiger partial charge in [-0.15, -0.1) is 0 Å². The zero-order chi connectivity index (χ0) is 15.6. The predicted octanol–water partition coefficient (Wildman–Crippen LogP) is 3.75. The second kappa shape index (κ2) is 6.07. The smallest absolute Gasteiger partial charge is 0.205 e. The van der Waals surface area contributed by atoms with Crippen LogP contribution in [-0.2, 0) is 29.3 Å². The van der Waals surface area contributed by atoms with Crippen LogP contribution in [0.2, 0.25) is 0 Å². The molecule has 0 amide bonds. The van der Waals surface area contributed by atoms with Crippen LogP contribution in [0.15, 0.2) is 36.5 Å². The normalized spacial score (nSPS) is 16.0. The van der Waals surface area contributed by atoms with E-state index < -0.39 is 5.79 Å². The molecule has 1 aromatic heterocycles. The van der Waals surface area contributed by atoms with Gasteiger partial charge in [0.25, 0.3) is 0 Å². The molecule has 0 spiro atoms. The maximum absolute atomic E-state index is 5.92. The van der Waals surface area contributed by atoms with Crippen LogP contribution in [0.4, 0.5) is 0 Å². The minimum atomic E-state index is -0.608. The quantitative estimate of drug-likeness (QED) is 0.862. The summed E-state index contributed by atoms with van der Waals surface area (Å²) < 4.78 is 17.5. The molecular weight excluding hydrogens is 278 g/mol. The Labute approximate surface area is 131 Å². The monoisotopic (exact) mass is 299 g/mol. The van der Waals surface area contributed by atoms with Gasteiger partial charge < -0.3 is 14.2 Å². The van der Waals surface area contributed by atoms with Crippen molar-refractivity contribution in [1.82, 2.24) is 4.98 Å². The lowest BCUT2D eigenvalue weighted by molar-refractivity contribution is -0.181. The fourth-order valence-electron chi connectivity index (χ4n) is 2.47. The summed E-state index contributed by atoms with van der Waals surface area (Å²) in [5, 5.41) is 0. The Morgan fingerprint density at radius 1 is 1.18 bits per heavy atom. The van der Waals surface area contributed by atoms with Gasteiger partial charge in [0.05, 0.1) is 25.5 Å². The van der Waals surface area contributed by atoms with Gasteiger partial charge in [0.1, 0.15) is 5.75 Å². The van der Waals surface area contributed by atoms with E-state index in [0.29, 0.717) is 19.8 Å². The van der Waals surface area contributed by atoms with Gasteiger partial charge in [-0.3, -0.25) is 4.98 Å². The Bertz CT molecular complexity index is 653. The van der Waals surface area contributed by atoms with Crippen LogP contribution < -0.4 is 4.74 Å². The first-order valence-electron chi connectivity index (χ1n) is 7.47. The van der Waals surface area contributed by atoms with Crippen LogP contribution in [0.1, 0.15) is 36.2 Å². The molecule has 3 rings (SSSR count). The minimum Gasteiger partial charge on any atom is -0.461 e. The van der Waals surface area contributed by atoms with E-state index in [4.69, 9.17) is 14.2 Å². The fraction of sp³-hybridized carbons (Fsp3) is 0.389. The molecule has 0 atom stereocenters. The van der Waals surface area contributed by atoms with Gasteiger partial charge in [-0.2, -0.15) is 0 Å². The van der Waals surface area contributed by atoms with Crippen LogP contribution in [0.25, 0.3) is 0 Å². The van der Waals surface area contributed by atoms with Gasteiger partial charge in [0.15, 0.2) is 0 Å². The average molecular weight is 299 g/mol. The van der Waals surface area contributed by atoms with E-state index in [9.17, 15) is 0 Å². The molecule has 0 N–H and O–H groups in total. The summed E-state index contributed by atoms with van der Waals surface area (Å²) in [5.41, 5.74) is 4.11. The average Bonchev–Trinajstić information content (AvgIpc) is 2.50. The molecular formula is C18H21NO3. The van der Waals surface area contributed by atoms with E-state index in [1.807, 2.05) is 45.2 Å². The number of nitrogens with zero attached hydrogens (tertiary/aromatic N) is 1. The number of hydrogen-bond acceptors (Lipinski definition) is 4. The lowest BCUT2D eigenvalue weighted by Gasteiger charge is -2.34. The maximum Gasteiger partial charge on any atom is 0.205 e. The molecule has 0 fully saturated rings. The SMILES string of the molecule is Cc1ncc(COCc2ccccc2)c2c1OC(C)(C)OC2. The van der Waals surface area contributed by atoms with Crippen LogP contribution >= 0.6 is 0 Å². The number of aryl methyl sites for hydroxylation is 1. The largest absolute Gasteiger partial charge is 0.461 e. The van der Waals surface area contributed by atoms with E-state index in [1.165, 1.54) is 0 Å². The van der Waals surface area contributed by atoms with Crippen molar-refractivity contribution in [3.8, 4) is 5.75 Å². The molecule has 116 valence electrons. The summed E-state index contributed by atoms with van der Waals surface area (Å²) in [4.78, 5) is 4.42. The number of ether oxygens (including phenoxy) is 3. The molecule has 1 aliphatic rings. The number of pyridine rings is 1. The minimum absolute atomic E-state index is 0.498. The van der Waals surface area contributed by atoms with Gasteiger partial charge in [-0.1, -0.05) is 30.3 Å². The molecule has 0 bridgehead atoms. The fourth-order valence-corrected chi connectivity index (χ4v) is 2.47. The molecule has 4 nitrogen and oxygen atoms in total. The zero-order valence-corrected chi connectivity index (χ0v) is 13.3. The molecule has 0 saturated carbocycles. The highest BCUT2D eigenvalue weighted by Crippen LogP contribution is 2.35. The highest BCUT2D eigenvalue weighted by molar-refractivity contribution is 5.42. The summed E-state index contributed by atoms with van der Waals surface area (Å²) in [6.07, 6.45) is 1.85. The van der Waals surface area contributed by atoms with Crippen molar-refractivity contribution in [2.24, 2.45) is 0 Å². The van der Waals surface area contributed by atoms with Crippen molar-refractivity contribution in [2.75, 3.05) is 0 Å². The molecule has 2 aromatic rings. The zero-order valence-electron chi connectivity index (χ0n) is 13.3. The van der Waals surface area contributed by atoms with Crippen molar-refractivity contribution in [3.63, 3.8) is 0 Å². The molecule has 2 heterocycles. The van der Waals surface area contributed by atoms with Crippen LogP contribution in [-0.4, -0.2) is 10.8 Å². The summed E-state index contributed by atoms with van der Waals surface area (Å²) in [5.74, 6) is 0.222. The van der Waals surface area contributed by atoms with Gasteiger partial charge >= 0.3 is 0 Å². The van der Waals surface area contributed by atoms with Gasteiger partial charge in [-0.05, 0) is 12.5 Å². The molecule has 0 radical (unpaired) electrons. The Morgan fingerprint density at radius 2 is 1.95 bits per heavy atom.